The number of nitrogen functional groups attached to an aromatic ring is 1. The first-order valence-electron chi connectivity index (χ1n) is 17.1. The molecule has 300 valence electrons. The fraction of sp³-hybridized carbons (Fsp3) is 0.0769. The number of Topliss-reactive ketones (excluding diaryl/α,β-unsaturated/α-hetero) is 1. The number of nitrogens with two attached hydrogens (primary N) is 1. The highest BCUT2D eigenvalue weighted by Crippen LogP contribution is 2.31. The number of halogens is 3. The van der Waals surface area contributed by atoms with E-state index in [1.807, 2.05) is 6.07 Å². The average Bonchev–Trinajstić information content (AvgIpc) is 3.96. The molecule has 59 heavy (non-hydrogen) atoms. The zero-order chi connectivity index (χ0) is 42.1. The Morgan fingerprint density at radius 2 is 1.22 bits per heavy atom. The number of nitrogens with zero attached hydrogens (tertiary/aromatic N) is 2. The number of aromatic amines is 2. The van der Waals surface area contributed by atoms with Crippen LogP contribution in [-0.4, -0.2) is 68.3 Å². The van der Waals surface area contributed by atoms with Crippen molar-refractivity contribution < 1.29 is 38.2 Å². The third-order valence-corrected chi connectivity index (χ3v) is 9.03. The van der Waals surface area contributed by atoms with Crippen molar-refractivity contribution in [3.8, 4) is 11.5 Å². The van der Waals surface area contributed by atoms with Crippen molar-refractivity contribution in [3.63, 3.8) is 0 Å². The van der Waals surface area contributed by atoms with Crippen LogP contribution in [0.2, 0.25) is 10.0 Å². The Hall–Kier alpha value is -7.21. The number of amides is 4. The normalized spacial score (nSPS) is 12.3. The number of carbonyl (C=O) groups is 6. The third-order valence-electron chi connectivity index (χ3n) is 8.17. The van der Waals surface area contributed by atoms with Crippen LogP contribution in [0.25, 0.3) is 0 Å². The number of fused-ring (bicyclic) bond motifs is 2. The monoisotopic (exact) mass is 857 g/mol. The Bertz CT molecular complexity index is 2570. The molecular formula is C39H30Cl3N9O8. The number of ether oxygens (including phenoxy) is 2. The molecule has 0 radical (unpaired) electrons. The van der Waals surface area contributed by atoms with Crippen LogP contribution in [0.3, 0.4) is 0 Å². The lowest BCUT2D eigenvalue weighted by molar-refractivity contribution is -0.121. The van der Waals surface area contributed by atoms with E-state index in [0.29, 0.717) is 51.7 Å². The molecular weight excluding hydrogens is 829 g/mol. The van der Waals surface area contributed by atoms with Crippen molar-refractivity contribution in [2.24, 2.45) is 0 Å². The van der Waals surface area contributed by atoms with Crippen molar-refractivity contribution in [2.75, 3.05) is 40.2 Å². The van der Waals surface area contributed by atoms with E-state index >= 15 is 0 Å². The van der Waals surface area contributed by atoms with Gasteiger partial charge in [-0.1, -0.05) is 29.3 Å². The molecule has 0 unspecified atom stereocenters. The minimum absolute atomic E-state index is 0.0887. The first-order valence-corrected chi connectivity index (χ1v) is 18.3. The number of nitrogens with one attached hydrogen (secondary N) is 6. The molecule has 2 aromatic heterocycles. The molecule has 0 spiro atoms. The number of carbonyl (C=O) groups excluding carboxylic acids is 6. The molecule has 8 N–H and O–H groups in total. The van der Waals surface area contributed by atoms with Crippen LogP contribution in [0.5, 0.6) is 11.5 Å². The molecule has 20 heteroatoms. The first kappa shape index (κ1) is 41.4. The molecule has 0 saturated heterocycles. The first-order chi connectivity index (χ1) is 28.3. The summed E-state index contributed by atoms with van der Waals surface area (Å²) in [7, 11) is 0. The molecule has 0 fully saturated rings. The molecule has 6 aromatic rings. The van der Waals surface area contributed by atoms with Gasteiger partial charge in [-0.05, 0) is 66.2 Å². The zero-order valence-corrected chi connectivity index (χ0v) is 32.5. The molecule has 8 rings (SSSR count). The minimum Gasteiger partial charge on any atom is -0.485 e. The second kappa shape index (κ2) is 18.8. The summed E-state index contributed by atoms with van der Waals surface area (Å²) in [6.45, 7) is 0.0884. The highest BCUT2D eigenvalue weighted by Gasteiger charge is 2.19. The van der Waals surface area contributed by atoms with Gasteiger partial charge in [-0.3, -0.25) is 39.0 Å². The largest absolute Gasteiger partial charge is 0.485 e. The number of hydrogen-bond donors (Lipinski definition) is 7. The maximum absolute atomic E-state index is 12.7. The smallest absolute Gasteiger partial charge is 0.262 e. The molecule has 2 aliphatic heterocycles. The number of aromatic nitrogens is 4. The van der Waals surface area contributed by atoms with E-state index in [9.17, 15) is 28.8 Å². The molecule has 17 nitrogen and oxygen atoms in total. The van der Waals surface area contributed by atoms with Gasteiger partial charge in [0.2, 0.25) is 0 Å². The molecule has 4 amide bonds. The summed E-state index contributed by atoms with van der Waals surface area (Å²) in [6.07, 6.45) is 6.16. The fourth-order valence-corrected chi connectivity index (χ4v) is 5.92. The van der Waals surface area contributed by atoms with E-state index in [1.54, 1.807) is 42.5 Å². The molecule has 2 aliphatic rings. The second-order valence-corrected chi connectivity index (χ2v) is 13.6. The zero-order valence-electron chi connectivity index (χ0n) is 30.2. The van der Waals surface area contributed by atoms with Crippen molar-refractivity contribution >= 4 is 97.9 Å². The fourth-order valence-electron chi connectivity index (χ4n) is 5.31. The van der Waals surface area contributed by atoms with Gasteiger partial charge in [0.15, 0.2) is 12.4 Å². The lowest BCUT2D eigenvalue weighted by Gasteiger charge is -2.18. The lowest BCUT2D eigenvalue weighted by Crippen LogP contribution is -2.25. The van der Waals surface area contributed by atoms with Gasteiger partial charge in [-0.15, -0.1) is 0 Å². The van der Waals surface area contributed by atoms with Crippen LogP contribution >= 0.6 is 34.8 Å². The van der Waals surface area contributed by atoms with Gasteiger partial charge in [0.1, 0.15) is 18.1 Å². The van der Waals surface area contributed by atoms with Crippen molar-refractivity contribution in [1.82, 2.24) is 20.4 Å². The van der Waals surface area contributed by atoms with Crippen LogP contribution in [0.1, 0.15) is 47.0 Å². The van der Waals surface area contributed by atoms with Gasteiger partial charge in [0.25, 0.3) is 28.9 Å². The van der Waals surface area contributed by atoms with Crippen molar-refractivity contribution in [2.45, 2.75) is 6.42 Å². The predicted octanol–water partition coefficient (Wildman–Crippen LogP) is 6.37. The lowest BCUT2D eigenvalue weighted by atomic mass is 10.1. The molecule has 0 aliphatic carbocycles. The van der Waals surface area contributed by atoms with Crippen LogP contribution in [0, 0.1) is 0 Å². The topological polar surface area (TPSA) is 252 Å². The Balaban J connectivity index is 0.000000165. The minimum atomic E-state index is -0.681. The SMILES string of the molecule is Nc1ccc2c(c1)OCC(=O)C2.O=C(Nc1ccc(Cl)c(C(=O)Cl)c1)c1cn[nH]c1.O=C1COc2cc(NC(=O)c3cc(NC(=O)c4cn[nH]c4)ccc3Cl)ccc2N1. The van der Waals surface area contributed by atoms with E-state index in [2.05, 4.69) is 41.7 Å². The molecule has 0 bridgehead atoms. The Morgan fingerprint density at radius 3 is 1.83 bits per heavy atom. The summed E-state index contributed by atoms with van der Waals surface area (Å²) in [5, 5.41) is 22.9. The highest BCUT2D eigenvalue weighted by molar-refractivity contribution is 6.68. The maximum Gasteiger partial charge on any atom is 0.262 e. The van der Waals surface area contributed by atoms with Gasteiger partial charge in [-0.2, -0.15) is 10.2 Å². The third kappa shape index (κ3) is 11.0. The van der Waals surface area contributed by atoms with Crippen LogP contribution < -0.4 is 36.5 Å². The Kier molecular flexibility index (Phi) is 13.2. The van der Waals surface area contributed by atoms with E-state index < -0.39 is 11.1 Å². The van der Waals surface area contributed by atoms with Gasteiger partial charge in [0.05, 0.1) is 50.4 Å². The number of ketones is 1. The maximum atomic E-state index is 12.7. The highest BCUT2D eigenvalue weighted by atomic mass is 35.5. The molecule has 0 atom stereocenters. The molecule has 0 saturated carbocycles. The van der Waals surface area contributed by atoms with E-state index in [4.69, 9.17) is 50.0 Å². The quantitative estimate of drug-likeness (QED) is 0.0686. The number of benzene rings is 4. The van der Waals surface area contributed by atoms with Crippen molar-refractivity contribution in [3.05, 3.63) is 135 Å². The van der Waals surface area contributed by atoms with Gasteiger partial charge >= 0.3 is 0 Å². The predicted molar refractivity (Wildman–Crippen MR) is 220 cm³/mol. The van der Waals surface area contributed by atoms with Gasteiger partial charge in [0, 0.05) is 59.3 Å². The summed E-state index contributed by atoms with van der Waals surface area (Å²) in [5.74, 6) is -0.110. The van der Waals surface area contributed by atoms with Crippen LogP contribution in [0.15, 0.2) is 97.6 Å². The summed E-state index contributed by atoms with van der Waals surface area (Å²) < 4.78 is 10.5. The van der Waals surface area contributed by atoms with Crippen molar-refractivity contribution in [1.29, 1.82) is 0 Å². The van der Waals surface area contributed by atoms with E-state index in [-0.39, 0.29) is 57.9 Å². The standard InChI is InChI=1S/C19H14ClN5O4.C11H7Cl2N3O2.C9H9NO2/c20-14-3-1-11(23-18(27)10-7-21-22-8-10)5-13(14)19(28)24-12-2-4-15-16(6-12)29-9-17(26)25-15;12-9-2-1-7(3-8(9)10(13)17)16-11(18)6-4-14-15-5-6;10-7-2-1-6-3-8(11)5-12-9(6)4-7/h1-8H,9H2,(H,21,22)(H,23,27)(H,24,28)(H,25,26);1-5H,(H,14,15)(H,16,18);1-2,4H,3,5,10H2. The summed E-state index contributed by atoms with van der Waals surface area (Å²) >= 11 is 17.3. The Morgan fingerprint density at radius 1 is 0.661 bits per heavy atom. The molecule has 4 aromatic carbocycles. The summed E-state index contributed by atoms with van der Waals surface area (Å²) in [5.41, 5.74) is 10.0. The number of H-pyrrole nitrogens is 2. The van der Waals surface area contributed by atoms with Gasteiger partial charge in [-0.25, -0.2) is 0 Å². The summed E-state index contributed by atoms with van der Waals surface area (Å²) in [6, 6.07) is 19.3. The van der Waals surface area contributed by atoms with Crippen LogP contribution in [0.4, 0.5) is 28.4 Å². The average molecular weight is 859 g/mol. The van der Waals surface area contributed by atoms with Gasteiger partial charge < -0.3 is 36.5 Å². The number of rotatable bonds is 7. The number of hydrogen-bond acceptors (Lipinski definition) is 11. The molecule has 4 heterocycles. The Labute approximate surface area is 348 Å². The van der Waals surface area contributed by atoms with E-state index in [1.165, 1.54) is 49.1 Å². The van der Waals surface area contributed by atoms with E-state index in [0.717, 1.165) is 11.3 Å². The summed E-state index contributed by atoms with van der Waals surface area (Å²) in [4.78, 5) is 69.9. The van der Waals surface area contributed by atoms with Crippen LogP contribution in [-0.2, 0) is 16.0 Å². The number of anilines is 5. The second-order valence-electron chi connectivity index (χ2n) is 12.4.